The van der Waals surface area contributed by atoms with Gasteiger partial charge in [-0.15, -0.1) is 0 Å². The second kappa shape index (κ2) is 2.59. The normalized spacial score (nSPS) is 18.7. The van der Waals surface area contributed by atoms with Crippen LogP contribution in [0.25, 0.3) is 0 Å². The van der Waals surface area contributed by atoms with E-state index in [0.717, 1.165) is 12.8 Å². The lowest BCUT2D eigenvalue weighted by Crippen LogP contribution is -2.19. The van der Waals surface area contributed by atoms with Crippen molar-refractivity contribution in [2.24, 2.45) is 5.73 Å². The molecule has 2 nitrogen and oxygen atoms in total. The fourth-order valence-corrected chi connectivity index (χ4v) is 1.71. The summed E-state index contributed by atoms with van der Waals surface area (Å²) in [6.45, 7) is 0. The molecule has 1 aromatic carbocycles. The summed E-state index contributed by atoms with van der Waals surface area (Å²) in [5, 5.41) is 0.457. The Morgan fingerprint density at radius 3 is 2.54 bits per heavy atom. The molecule has 1 aliphatic carbocycles. The molecule has 13 heavy (non-hydrogen) atoms. The molecule has 0 unspecified atom stereocenters. The molecule has 0 saturated heterocycles. The molecule has 2 rings (SSSR count). The van der Waals surface area contributed by atoms with Crippen LogP contribution < -0.4 is 11.5 Å². The van der Waals surface area contributed by atoms with Crippen LogP contribution in [0.3, 0.4) is 0 Å². The minimum Gasteiger partial charge on any atom is -0.396 e. The van der Waals surface area contributed by atoms with Gasteiger partial charge in [-0.05, 0) is 30.5 Å². The van der Waals surface area contributed by atoms with Crippen LogP contribution in [0.1, 0.15) is 18.4 Å². The number of benzene rings is 1. The summed E-state index contributed by atoms with van der Waals surface area (Å²) in [5.74, 6) is -0.448. The minimum absolute atomic E-state index is 0.0676. The second-order valence-electron chi connectivity index (χ2n) is 3.51. The second-order valence-corrected chi connectivity index (χ2v) is 3.92. The van der Waals surface area contributed by atoms with Crippen molar-refractivity contribution in [3.8, 4) is 0 Å². The Morgan fingerprint density at radius 1 is 1.38 bits per heavy atom. The SMILES string of the molecule is Nc1cc(Cl)c(C2(N)CC2)cc1F. The van der Waals surface area contributed by atoms with Crippen molar-refractivity contribution >= 4 is 17.3 Å². The highest BCUT2D eigenvalue weighted by Crippen LogP contribution is 2.46. The van der Waals surface area contributed by atoms with E-state index in [1.807, 2.05) is 0 Å². The van der Waals surface area contributed by atoms with Crippen molar-refractivity contribution in [3.05, 3.63) is 28.5 Å². The van der Waals surface area contributed by atoms with Crippen molar-refractivity contribution in [2.45, 2.75) is 18.4 Å². The molecule has 0 radical (unpaired) electrons. The molecule has 0 amide bonds. The van der Waals surface area contributed by atoms with E-state index in [1.54, 1.807) is 0 Å². The maximum absolute atomic E-state index is 13.1. The molecule has 1 saturated carbocycles. The molecule has 1 fully saturated rings. The zero-order valence-corrected chi connectivity index (χ0v) is 7.74. The molecule has 0 atom stereocenters. The van der Waals surface area contributed by atoms with Gasteiger partial charge in [-0.1, -0.05) is 11.6 Å². The molecular weight excluding hydrogens is 191 g/mol. The van der Waals surface area contributed by atoms with Gasteiger partial charge >= 0.3 is 0 Å². The van der Waals surface area contributed by atoms with E-state index in [0.29, 0.717) is 10.6 Å². The highest BCUT2D eigenvalue weighted by molar-refractivity contribution is 6.31. The summed E-state index contributed by atoms with van der Waals surface area (Å²) < 4.78 is 13.1. The molecule has 4 N–H and O–H groups in total. The first-order chi connectivity index (χ1) is 6.03. The van der Waals surface area contributed by atoms with Gasteiger partial charge in [-0.2, -0.15) is 0 Å². The Morgan fingerprint density at radius 2 is 2.00 bits per heavy atom. The first kappa shape index (κ1) is 8.78. The third-order valence-electron chi connectivity index (χ3n) is 2.41. The van der Waals surface area contributed by atoms with Gasteiger partial charge in [0.2, 0.25) is 0 Å². The van der Waals surface area contributed by atoms with Crippen molar-refractivity contribution in [1.82, 2.24) is 0 Å². The number of nitrogen functional groups attached to an aromatic ring is 1. The number of hydrogen-bond acceptors (Lipinski definition) is 2. The molecule has 0 heterocycles. The third kappa shape index (κ3) is 1.38. The average molecular weight is 201 g/mol. The van der Waals surface area contributed by atoms with Crippen LogP contribution in [0.4, 0.5) is 10.1 Å². The van der Waals surface area contributed by atoms with Crippen LogP contribution in [0, 0.1) is 5.82 Å². The minimum atomic E-state index is -0.448. The number of nitrogens with two attached hydrogens (primary N) is 2. The van der Waals surface area contributed by atoms with Gasteiger partial charge in [0, 0.05) is 10.6 Å². The Hall–Kier alpha value is -0.800. The van der Waals surface area contributed by atoms with Gasteiger partial charge in [-0.3, -0.25) is 0 Å². The number of rotatable bonds is 1. The summed E-state index contributed by atoms with van der Waals surface area (Å²) >= 11 is 5.90. The number of halogens is 2. The first-order valence-corrected chi connectivity index (χ1v) is 4.45. The molecular formula is C9H10ClFN2. The van der Waals surface area contributed by atoms with Crippen molar-refractivity contribution in [2.75, 3.05) is 5.73 Å². The van der Waals surface area contributed by atoms with E-state index < -0.39 is 11.4 Å². The maximum Gasteiger partial charge on any atom is 0.146 e. The van der Waals surface area contributed by atoms with Crippen LogP contribution in [-0.2, 0) is 5.54 Å². The summed E-state index contributed by atoms with van der Waals surface area (Å²) in [6.07, 6.45) is 1.71. The average Bonchev–Trinajstić information content (AvgIpc) is 2.77. The zero-order chi connectivity index (χ0) is 9.64. The lowest BCUT2D eigenvalue weighted by molar-refractivity contribution is 0.623. The smallest absolute Gasteiger partial charge is 0.146 e. The quantitative estimate of drug-likeness (QED) is 0.682. The van der Waals surface area contributed by atoms with E-state index in [2.05, 4.69) is 0 Å². The van der Waals surface area contributed by atoms with Crippen LogP contribution in [0.15, 0.2) is 12.1 Å². The topological polar surface area (TPSA) is 52.0 Å². The van der Waals surface area contributed by atoms with Gasteiger partial charge in [0.15, 0.2) is 0 Å². The van der Waals surface area contributed by atoms with E-state index in [1.165, 1.54) is 12.1 Å². The highest BCUT2D eigenvalue weighted by Gasteiger charge is 2.41. The molecule has 1 aromatic rings. The predicted molar refractivity (Wildman–Crippen MR) is 50.9 cm³/mol. The Labute approximate surface area is 80.7 Å². The highest BCUT2D eigenvalue weighted by atomic mass is 35.5. The predicted octanol–water partition coefficient (Wildman–Crippen LogP) is 2.01. The number of anilines is 1. The molecule has 0 spiro atoms. The monoisotopic (exact) mass is 200 g/mol. The van der Waals surface area contributed by atoms with Gasteiger partial charge < -0.3 is 11.5 Å². The molecule has 4 heteroatoms. The summed E-state index contributed by atoms with van der Waals surface area (Å²) in [7, 11) is 0. The Kier molecular flexibility index (Phi) is 1.75. The van der Waals surface area contributed by atoms with Crippen LogP contribution in [0.2, 0.25) is 5.02 Å². The molecule has 70 valence electrons. The van der Waals surface area contributed by atoms with E-state index in [4.69, 9.17) is 23.1 Å². The van der Waals surface area contributed by atoms with Crippen LogP contribution >= 0.6 is 11.6 Å². The van der Waals surface area contributed by atoms with Gasteiger partial charge in [-0.25, -0.2) is 4.39 Å². The maximum atomic E-state index is 13.1. The largest absolute Gasteiger partial charge is 0.396 e. The fraction of sp³-hybridized carbons (Fsp3) is 0.333. The lowest BCUT2D eigenvalue weighted by Gasteiger charge is -2.12. The molecule has 0 aliphatic heterocycles. The molecule has 1 aliphatic rings. The van der Waals surface area contributed by atoms with Gasteiger partial charge in [0.1, 0.15) is 5.82 Å². The van der Waals surface area contributed by atoms with Gasteiger partial charge in [0.25, 0.3) is 0 Å². The molecule has 0 aromatic heterocycles. The summed E-state index contributed by atoms with van der Waals surface area (Å²) in [4.78, 5) is 0. The summed E-state index contributed by atoms with van der Waals surface area (Å²) in [6, 6.07) is 2.75. The zero-order valence-electron chi connectivity index (χ0n) is 6.98. The van der Waals surface area contributed by atoms with E-state index in [9.17, 15) is 4.39 Å². The molecule has 0 bridgehead atoms. The van der Waals surface area contributed by atoms with Crippen LogP contribution in [-0.4, -0.2) is 0 Å². The van der Waals surface area contributed by atoms with Crippen molar-refractivity contribution in [1.29, 1.82) is 0 Å². The van der Waals surface area contributed by atoms with Crippen LogP contribution in [0.5, 0.6) is 0 Å². The van der Waals surface area contributed by atoms with E-state index in [-0.39, 0.29) is 5.69 Å². The Bertz CT molecular complexity index is 361. The van der Waals surface area contributed by atoms with Crippen molar-refractivity contribution in [3.63, 3.8) is 0 Å². The number of hydrogen-bond donors (Lipinski definition) is 2. The summed E-state index contributed by atoms with van der Waals surface area (Å²) in [5.41, 5.74) is 11.6. The van der Waals surface area contributed by atoms with Gasteiger partial charge in [0.05, 0.1) is 5.69 Å². The standard InChI is InChI=1S/C9H10ClFN2/c10-6-4-8(12)7(11)3-5(6)9(13)1-2-9/h3-4H,1-2,12-13H2. The first-order valence-electron chi connectivity index (χ1n) is 4.07. The lowest BCUT2D eigenvalue weighted by atomic mass is 10.1. The van der Waals surface area contributed by atoms with Crippen molar-refractivity contribution < 1.29 is 4.39 Å². The fourth-order valence-electron chi connectivity index (χ4n) is 1.35. The third-order valence-corrected chi connectivity index (χ3v) is 2.72. The Balaban J connectivity index is 2.52. The van der Waals surface area contributed by atoms with E-state index >= 15 is 0 Å².